The van der Waals surface area contributed by atoms with E-state index in [4.69, 9.17) is 10.4 Å². The maximum Gasteiger partial charge on any atom is 0.236 e. The largest absolute Gasteiger partial charge is 0.361 e. The lowest BCUT2D eigenvalue weighted by Crippen LogP contribution is -2.18. The topological polar surface area (TPSA) is 116 Å². The maximum absolute atomic E-state index is 11.4. The molecule has 2 aromatic heterocycles. The average molecular weight is 447 g/mol. The number of nitrogen functional groups attached to an aromatic ring is 1. The van der Waals surface area contributed by atoms with Crippen LogP contribution in [0.15, 0.2) is 16.7 Å². The molecule has 3 rings (SSSR count). The molecule has 0 aliphatic carbocycles. The fraction of sp³-hybridized carbons (Fsp3) is 0.231. The number of nitrogens with two attached hydrogens (primary N) is 1. The molecule has 0 fully saturated rings. The van der Waals surface area contributed by atoms with Gasteiger partial charge in [0.05, 0.1) is 17.5 Å². The fourth-order valence-electron chi connectivity index (χ4n) is 2.43. The van der Waals surface area contributed by atoms with Gasteiger partial charge in [-0.1, -0.05) is 5.16 Å². The second-order valence-electron chi connectivity index (χ2n) is 5.20. The van der Waals surface area contributed by atoms with Crippen molar-refractivity contribution in [3.63, 3.8) is 0 Å². The first-order valence-corrected chi connectivity index (χ1v) is 9.52. The standard InChI is InChI=1S/C13H14IN5O3S/c1-6-11(7(2)22-17-6)8-4-9(14)12-10(5-8)19(15)13(16-12)18-23(3,20)21/h4-5H,15H2,1-3H3,(H,16,18). The molecule has 3 aromatic rings. The molecule has 122 valence electrons. The number of fused-ring (bicyclic) bond motifs is 1. The average Bonchev–Trinajstić information content (AvgIpc) is 2.91. The zero-order valence-electron chi connectivity index (χ0n) is 12.6. The van der Waals surface area contributed by atoms with E-state index >= 15 is 0 Å². The molecule has 0 aliphatic rings. The highest BCUT2D eigenvalue weighted by atomic mass is 127. The lowest BCUT2D eigenvalue weighted by Gasteiger charge is -2.05. The van der Waals surface area contributed by atoms with Gasteiger partial charge in [-0.05, 0) is 54.1 Å². The Morgan fingerprint density at radius 1 is 1.35 bits per heavy atom. The van der Waals surface area contributed by atoms with Crippen molar-refractivity contribution in [2.24, 2.45) is 0 Å². The first-order valence-electron chi connectivity index (χ1n) is 6.55. The summed E-state index contributed by atoms with van der Waals surface area (Å²) in [5, 5.41) is 3.96. The van der Waals surface area contributed by atoms with E-state index in [9.17, 15) is 8.42 Å². The Morgan fingerprint density at radius 2 is 2.04 bits per heavy atom. The Labute approximate surface area is 146 Å². The summed E-state index contributed by atoms with van der Waals surface area (Å²) in [6.07, 6.45) is 1.05. The second-order valence-corrected chi connectivity index (χ2v) is 8.12. The molecular formula is C13H14IN5O3S. The number of halogens is 1. The van der Waals surface area contributed by atoms with E-state index in [0.29, 0.717) is 16.8 Å². The summed E-state index contributed by atoms with van der Waals surface area (Å²) in [4.78, 5) is 4.27. The number of hydrogen-bond donors (Lipinski definition) is 2. The molecule has 0 radical (unpaired) electrons. The van der Waals surface area contributed by atoms with E-state index in [-0.39, 0.29) is 5.95 Å². The van der Waals surface area contributed by atoms with E-state index in [1.165, 1.54) is 4.68 Å². The summed E-state index contributed by atoms with van der Waals surface area (Å²) in [5.41, 5.74) is 3.78. The number of benzene rings is 1. The van der Waals surface area contributed by atoms with E-state index < -0.39 is 10.0 Å². The third-order valence-electron chi connectivity index (χ3n) is 3.35. The molecule has 8 nitrogen and oxygen atoms in total. The number of hydrogen-bond acceptors (Lipinski definition) is 6. The van der Waals surface area contributed by atoms with Crippen LogP contribution < -0.4 is 10.6 Å². The van der Waals surface area contributed by atoms with Gasteiger partial charge in [-0.25, -0.2) is 18.1 Å². The quantitative estimate of drug-likeness (QED) is 0.469. The number of nitrogens with one attached hydrogen (secondary N) is 1. The van der Waals surface area contributed by atoms with Crippen LogP contribution >= 0.6 is 22.6 Å². The monoisotopic (exact) mass is 447 g/mol. The highest BCUT2D eigenvalue weighted by Crippen LogP contribution is 2.33. The van der Waals surface area contributed by atoms with Crippen molar-refractivity contribution in [2.45, 2.75) is 13.8 Å². The van der Waals surface area contributed by atoms with Gasteiger partial charge in [0.15, 0.2) is 0 Å². The van der Waals surface area contributed by atoms with Crippen molar-refractivity contribution < 1.29 is 12.9 Å². The molecule has 2 heterocycles. The van der Waals surface area contributed by atoms with Crippen LogP contribution in [0.4, 0.5) is 5.95 Å². The number of anilines is 1. The first-order chi connectivity index (χ1) is 10.7. The molecule has 23 heavy (non-hydrogen) atoms. The minimum Gasteiger partial charge on any atom is -0.361 e. The zero-order valence-corrected chi connectivity index (χ0v) is 15.6. The van der Waals surface area contributed by atoms with Crippen LogP contribution in [0, 0.1) is 17.4 Å². The lowest BCUT2D eigenvalue weighted by atomic mass is 10.0. The Morgan fingerprint density at radius 3 is 2.61 bits per heavy atom. The normalized spacial score (nSPS) is 12.0. The second kappa shape index (κ2) is 5.37. The predicted molar refractivity (Wildman–Crippen MR) is 96.0 cm³/mol. The number of rotatable bonds is 3. The van der Waals surface area contributed by atoms with Crippen molar-refractivity contribution in [3.05, 3.63) is 27.2 Å². The van der Waals surface area contributed by atoms with Gasteiger partial charge in [0.2, 0.25) is 16.0 Å². The third kappa shape index (κ3) is 2.87. The van der Waals surface area contributed by atoms with Gasteiger partial charge in [-0.3, -0.25) is 4.72 Å². The molecule has 0 amide bonds. The molecule has 0 saturated carbocycles. The number of aryl methyl sites for hydroxylation is 2. The van der Waals surface area contributed by atoms with Crippen LogP contribution in [-0.2, 0) is 10.0 Å². The summed E-state index contributed by atoms with van der Waals surface area (Å²) in [5.74, 6) is 6.77. The molecule has 3 N–H and O–H groups in total. The van der Waals surface area contributed by atoms with Crippen molar-refractivity contribution in [2.75, 3.05) is 16.8 Å². The lowest BCUT2D eigenvalue weighted by molar-refractivity contribution is 0.393. The first kappa shape index (κ1) is 16.1. The van der Waals surface area contributed by atoms with Gasteiger partial charge in [-0.15, -0.1) is 0 Å². The molecule has 0 atom stereocenters. The van der Waals surface area contributed by atoms with Crippen LogP contribution in [0.5, 0.6) is 0 Å². The van der Waals surface area contributed by atoms with E-state index in [2.05, 4.69) is 37.5 Å². The van der Waals surface area contributed by atoms with E-state index in [1.54, 1.807) is 0 Å². The number of imidazole rings is 1. The van der Waals surface area contributed by atoms with Gasteiger partial charge >= 0.3 is 0 Å². The smallest absolute Gasteiger partial charge is 0.236 e. The number of sulfonamides is 1. The summed E-state index contributed by atoms with van der Waals surface area (Å²) >= 11 is 2.14. The highest BCUT2D eigenvalue weighted by molar-refractivity contribution is 14.1. The summed E-state index contributed by atoms with van der Waals surface area (Å²) in [7, 11) is -3.47. The van der Waals surface area contributed by atoms with E-state index in [1.807, 2.05) is 26.0 Å². The van der Waals surface area contributed by atoms with Gasteiger partial charge < -0.3 is 10.4 Å². The van der Waals surface area contributed by atoms with Crippen LogP contribution in [0.25, 0.3) is 22.2 Å². The molecule has 10 heteroatoms. The van der Waals surface area contributed by atoms with Crippen molar-refractivity contribution in [3.8, 4) is 11.1 Å². The predicted octanol–water partition coefficient (Wildman–Crippen LogP) is 2.00. The third-order valence-corrected chi connectivity index (χ3v) is 4.72. The van der Waals surface area contributed by atoms with Gasteiger partial charge in [0.1, 0.15) is 11.3 Å². The molecule has 0 spiro atoms. The summed E-state index contributed by atoms with van der Waals surface area (Å²) in [6, 6.07) is 3.77. The molecule has 1 aromatic carbocycles. The van der Waals surface area contributed by atoms with Crippen molar-refractivity contribution >= 4 is 49.6 Å². The van der Waals surface area contributed by atoms with Crippen LogP contribution in [0.1, 0.15) is 11.5 Å². The van der Waals surface area contributed by atoms with Gasteiger partial charge in [0.25, 0.3) is 0 Å². The molecule has 0 bridgehead atoms. The van der Waals surface area contributed by atoms with Crippen LogP contribution in [-0.4, -0.2) is 29.5 Å². The highest BCUT2D eigenvalue weighted by Gasteiger charge is 2.18. The SMILES string of the molecule is Cc1noc(C)c1-c1cc(I)c2nc(NS(C)(=O)=O)n(N)c2c1. The molecule has 0 unspecified atom stereocenters. The van der Waals surface area contributed by atoms with Crippen molar-refractivity contribution in [1.82, 2.24) is 14.8 Å². The fourth-order valence-corrected chi connectivity index (χ4v) is 3.64. The minimum atomic E-state index is -3.47. The van der Waals surface area contributed by atoms with Crippen LogP contribution in [0.2, 0.25) is 0 Å². The Kier molecular flexibility index (Phi) is 3.75. The summed E-state index contributed by atoms with van der Waals surface area (Å²) in [6.45, 7) is 3.70. The number of aromatic nitrogens is 3. The minimum absolute atomic E-state index is 0.0660. The Hall–Kier alpha value is -1.82. The van der Waals surface area contributed by atoms with Crippen LogP contribution in [0.3, 0.4) is 0 Å². The number of nitrogens with zero attached hydrogens (tertiary/aromatic N) is 3. The summed E-state index contributed by atoms with van der Waals surface area (Å²) < 4.78 is 32.4. The van der Waals surface area contributed by atoms with Gasteiger partial charge in [-0.2, -0.15) is 0 Å². The Balaban J connectivity index is 2.24. The van der Waals surface area contributed by atoms with Gasteiger partial charge in [0, 0.05) is 9.13 Å². The molecule has 0 aliphatic heterocycles. The molecular weight excluding hydrogens is 433 g/mol. The van der Waals surface area contributed by atoms with E-state index in [0.717, 1.165) is 26.6 Å². The van der Waals surface area contributed by atoms with Crippen molar-refractivity contribution in [1.29, 1.82) is 0 Å². The Bertz CT molecular complexity index is 1000. The zero-order chi connectivity index (χ0) is 16.9. The molecule has 0 saturated heterocycles. The maximum atomic E-state index is 11.4.